The molecule has 1 N–H and O–H groups in total. The monoisotopic (exact) mass is 344 g/mol. The Labute approximate surface area is 124 Å². The molecular weight excluding hydrogens is 335 g/mol. The highest BCUT2D eigenvalue weighted by atomic mass is 79.9. The van der Waals surface area contributed by atoms with Crippen LogP contribution in [0, 0.1) is 6.92 Å². The summed E-state index contributed by atoms with van der Waals surface area (Å²) in [4.78, 5) is 0. The lowest BCUT2D eigenvalue weighted by atomic mass is 9.98. The third-order valence-electron chi connectivity index (χ3n) is 2.79. The number of benzene rings is 2. The topological polar surface area (TPSA) is 20.2 Å². The van der Waals surface area contributed by atoms with Gasteiger partial charge in [0, 0.05) is 4.47 Å². The van der Waals surface area contributed by atoms with Crippen LogP contribution in [0.1, 0.15) is 22.8 Å². The normalized spacial score (nSPS) is 12.5. The van der Waals surface area contributed by atoms with Crippen molar-refractivity contribution in [1.82, 2.24) is 0 Å². The molecule has 2 rings (SSSR count). The number of hydrogen-bond donors (Lipinski definition) is 1. The summed E-state index contributed by atoms with van der Waals surface area (Å²) >= 11 is 15.2. The third kappa shape index (κ3) is 2.89. The van der Waals surface area contributed by atoms with Crippen molar-refractivity contribution in [2.24, 2.45) is 0 Å². The molecule has 4 heteroatoms. The Hall–Kier alpha value is -0.540. The van der Waals surface area contributed by atoms with Crippen LogP contribution in [0.2, 0.25) is 10.0 Å². The minimum Gasteiger partial charge on any atom is -0.384 e. The minimum atomic E-state index is -0.701. The molecule has 0 bridgehead atoms. The van der Waals surface area contributed by atoms with Gasteiger partial charge in [0.25, 0.3) is 0 Å². The number of aliphatic hydroxyl groups is 1. The lowest BCUT2D eigenvalue weighted by Gasteiger charge is -2.15. The molecule has 94 valence electrons. The summed E-state index contributed by atoms with van der Waals surface area (Å²) in [7, 11) is 0. The first-order chi connectivity index (χ1) is 8.49. The number of aliphatic hydroxyl groups excluding tert-OH is 1. The smallest absolute Gasteiger partial charge is 0.104 e. The van der Waals surface area contributed by atoms with Gasteiger partial charge in [-0.2, -0.15) is 0 Å². The van der Waals surface area contributed by atoms with E-state index in [0.29, 0.717) is 10.0 Å². The van der Waals surface area contributed by atoms with Crippen molar-refractivity contribution in [3.8, 4) is 0 Å². The Balaban J connectivity index is 2.41. The fourth-order valence-corrected chi connectivity index (χ4v) is 2.59. The summed E-state index contributed by atoms with van der Waals surface area (Å²) in [6.07, 6.45) is -0.701. The van der Waals surface area contributed by atoms with Crippen LogP contribution in [0.25, 0.3) is 0 Å². The zero-order valence-corrected chi connectivity index (χ0v) is 12.7. The second kappa shape index (κ2) is 5.62. The van der Waals surface area contributed by atoms with Gasteiger partial charge in [0.05, 0.1) is 10.0 Å². The molecule has 0 spiro atoms. The maximum atomic E-state index is 10.4. The SMILES string of the molecule is Cc1cc(Br)ccc1C(O)c1ccc(Cl)c(Cl)c1. The van der Waals surface area contributed by atoms with E-state index < -0.39 is 6.10 Å². The summed E-state index contributed by atoms with van der Waals surface area (Å²) in [6, 6.07) is 10.9. The van der Waals surface area contributed by atoms with Crippen LogP contribution >= 0.6 is 39.1 Å². The summed E-state index contributed by atoms with van der Waals surface area (Å²) in [5.41, 5.74) is 2.61. The fourth-order valence-electron chi connectivity index (χ4n) is 1.81. The van der Waals surface area contributed by atoms with Gasteiger partial charge in [-0.15, -0.1) is 0 Å². The van der Waals surface area contributed by atoms with Crippen molar-refractivity contribution < 1.29 is 5.11 Å². The van der Waals surface area contributed by atoms with E-state index in [4.69, 9.17) is 23.2 Å². The Bertz CT molecular complexity index is 584. The Morgan fingerprint density at radius 2 is 1.78 bits per heavy atom. The largest absolute Gasteiger partial charge is 0.384 e. The molecule has 18 heavy (non-hydrogen) atoms. The molecule has 0 aromatic heterocycles. The first kappa shape index (κ1) is 13.9. The average Bonchev–Trinajstić information content (AvgIpc) is 2.32. The lowest BCUT2D eigenvalue weighted by Crippen LogP contribution is -2.02. The number of rotatable bonds is 2. The van der Waals surface area contributed by atoms with Crippen LogP contribution < -0.4 is 0 Å². The quantitative estimate of drug-likeness (QED) is 0.798. The Morgan fingerprint density at radius 3 is 2.39 bits per heavy atom. The number of aryl methyl sites for hydroxylation is 1. The maximum absolute atomic E-state index is 10.4. The van der Waals surface area contributed by atoms with E-state index in [1.165, 1.54) is 0 Å². The van der Waals surface area contributed by atoms with Gasteiger partial charge in [0.15, 0.2) is 0 Å². The van der Waals surface area contributed by atoms with Gasteiger partial charge in [0.1, 0.15) is 6.10 Å². The molecule has 0 amide bonds. The van der Waals surface area contributed by atoms with Crippen LogP contribution in [0.4, 0.5) is 0 Å². The predicted octanol–water partition coefficient (Wildman–Crippen LogP) is 5.15. The molecule has 1 nitrogen and oxygen atoms in total. The molecule has 0 saturated heterocycles. The van der Waals surface area contributed by atoms with Crippen LogP contribution in [0.3, 0.4) is 0 Å². The standard InChI is InChI=1S/C14H11BrCl2O/c1-8-6-10(15)3-4-11(8)14(18)9-2-5-12(16)13(17)7-9/h2-7,14,18H,1H3. The number of hydrogen-bond acceptors (Lipinski definition) is 1. The number of halogens is 3. The van der Waals surface area contributed by atoms with Gasteiger partial charge in [0.2, 0.25) is 0 Å². The molecule has 0 saturated carbocycles. The van der Waals surface area contributed by atoms with E-state index in [-0.39, 0.29) is 0 Å². The highest BCUT2D eigenvalue weighted by Crippen LogP contribution is 2.30. The summed E-state index contributed by atoms with van der Waals surface area (Å²) in [5.74, 6) is 0. The summed E-state index contributed by atoms with van der Waals surface area (Å²) < 4.78 is 0.991. The molecule has 0 fully saturated rings. The van der Waals surface area contributed by atoms with E-state index in [1.54, 1.807) is 18.2 Å². The van der Waals surface area contributed by atoms with E-state index in [1.807, 2.05) is 25.1 Å². The highest BCUT2D eigenvalue weighted by Gasteiger charge is 2.14. The van der Waals surface area contributed by atoms with Crippen LogP contribution in [-0.4, -0.2) is 5.11 Å². The van der Waals surface area contributed by atoms with Crippen molar-refractivity contribution in [3.05, 3.63) is 67.6 Å². The van der Waals surface area contributed by atoms with Gasteiger partial charge in [-0.1, -0.05) is 51.3 Å². The van der Waals surface area contributed by atoms with Crippen molar-refractivity contribution in [2.45, 2.75) is 13.0 Å². The van der Waals surface area contributed by atoms with Gasteiger partial charge in [-0.05, 0) is 47.9 Å². The van der Waals surface area contributed by atoms with Crippen molar-refractivity contribution in [3.63, 3.8) is 0 Å². The van der Waals surface area contributed by atoms with Crippen molar-refractivity contribution in [1.29, 1.82) is 0 Å². The van der Waals surface area contributed by atoms with E-state index >= 15 is 0 Å². The predicted molar refractivity (Wildman–Crippen MR) is 79.4 cm³/mol. The zero-order valence-electron chi connectivity index (χ0n) is 9.62. The van der Waals surface area contributed by atoms with Gasteiger partial charge >= 0.3 is 0 Å². The maximum Gasteiger partial charge on any atom is 0.104 e. The van der Waals surface area contributed by atoms with Crippen LogP contribution in [-0.2, 0) is 0 Å². The molecular formula is C14H11BrCl2O. The van der Waals surface area contributed by atoms with Crippen molar-refractivity contribution >= 4 is 39.1 Å². The zero-order chi connectivity index (χ0) is 13.3. The van der Waals surface area contributed by atoms with Gasteiger partial charge in [-0.3, -0.25) is 0 Å². The molecule has 2 aromatic rings. The summed E-state index contributed by atoms with van der Waals surface area (Å²) in [6.45, 7) is 1.96. The third-order valence-corrected chi connectivity index (χ3v) is 4.02. The molecule has 1 atom stereocenters. The first-order valence-corrected chi connectivity index (χ1v) is 6.93. The van der Waals surface area contributed by atoms with Gasteiger partial charge in [-0.25, -0.2) is 0 Å². The molecule has 0 radical (unpaired) electrons. The second-order valence-corrected chi connectivity index (χ2v) is 5.81. The van der Waals surface area contributed by atoms with Crippen LogP contribution in [0.5, 0.6) is 0 Å². The Morgan fingerprint density at radius 1 is 1.06 bits per heavy atom. The molecule has 0 aliphatic heterocycles. The van der Waals surface area contributed by atoms with E-state index in [2.05, 4.69) is 15.9 Å². The Kier molecular flexibility index (Phi) is 4.33. The molecule has 0 heterocycles. The molecule has 0 aliphatic carbocycles. The highest BCUT2D eigenvalue weighted by molar-refractivity contribution is 9.10. The molecule has 0 aliphatic rings. The van der Waals surface area contributed by atoms with E-state index in [0.717, 1.165) is 21.2 Å². The van der Waals surface area contributed by atoms with Gasteiger partial charge < -0.3 is 5.11 Å². The molecule has 2 aromatic carbocycles. The average molecular weight is 346 g/mol. The van der Waals surface area contributed by atoms with Crippen molar-refractivity contribution in [2.75, 3.05) is 0 Å². The fraction of sp³-hybridized carbons (Fsp3) is 0.143. The molecule has 1 unspecified atom stereocenters. The second-order valence-electron chi connectivity index (χ2n) is 4.08. The minimum absolute atomic E-state index is 0.447. The summed E-state index contributed by atoms with van der Waals surface area (Å²) in [5, 5.41) is 11.3. The lowest BCUT2D eigenvalue weighted by molar-refractivity contribution is 0.219. The van der Waals surface area contributed by atoms with Crippen LogP contribution in [0.15, 0.2) is 40.9 Å². The van der Waals surface area contributed by atoms with E-state index in [9.17, 15) is 5.11 Å². The first-order valence-electron chi connectivity index (χ1n) is 5.38.